The first-order chi connectivity index (χ1) is 11.0. The van der Waals surface area contributed by atoms with Gasteiger partial charge in [-0.2, -0.15) is 10.4 Å². The largest absolute Gasteiger partial charge is 0.334 e. The molecule has 1 aromatic carbocycles. The first kappa shape index (κ1) is 15.2. The van der Waals surface area contributed by atoms with E-state index in [1.807, 2.05) is 0 Å². The van der Waals surface area contributed by atoms with Gasteiger partial charge in [-0.15, -0.1) is 0 Å². The summed E-state index contributed by atoms with van der Waals surface area (Å²) < 4.78 is 14.6. The molecule has 1 fully saturated rings. The van der Waals surface area contributed by atoms with Gasteiger partial charge in [-0.3, -0.25) is 4.79 Å². The number of rotatable bonds is 3. The number of nitrogens with zero attached hydrogens (tertiary/aromatic N) is 3. The quantitative estimate of drug-likeness (QED) is 0.947. The molecule has 0 unspecified atom stereocenters. The van der Waals surface area contributed by atoms with Crippen molar-refractivity contribution in [1.29, 1.82) is 5.26 Å². The van der Waals surface area contributed by atoms with Gasteiger partial charge in [-0.05, 0) is 56.9 Å². The van der Waals surface area contributed by atoms with E-state index >= 15 is 0 Å². The van der Waals surface area contributed by atoms with E-state index in [1.54, 1.807) is 23.7 Å². The van der Waals surface area contributed by atoms with E-state index in [4.69, 9.17) is 0 Å². The van der Waals surface area contributed by atoms with Gasteiger partial charge in [0.25, 0.3) is 5.91 Å². The van der Waals surface area contributed by atoms with E-state index in [9.17, 15) is 14.4 Å². The van der Waals surface area contributed by atoms with Crippen LogP contribution in [0.4, 0.5) is 4.39 Å². The van der Waals surface area contributed by atoms with Crippen LogP contribution in [-0.4, -0.2) is 21.2 Å². The van der Waals surface area contributed by atoms with Crippen molar-refractivity contribution in [2.75, 3.05) is 0 Å². The number of nitrogens with one attached hydrogen (secondary N) is 1. The molecule has 1 aliphatic rings. The zero-order valence-electron chi connectivity index (χ0n) is 12.8. The molecule has 118 valence electrons. The molecule has 0 bridgehead atoms. The molecule has 1 amide bonds. The van der Waals surface area contributed by atoms with E-state index in [2.05, 4.69) is 16.5 Å². The fourth-order valence-electron chi connectivity index (χ4n) is 3.00. The van der Waals surface area contributed by atoms with Crippen LogP contribution in [0.3, 0.4) is 0 Å². The van der Waals surface area contributed by atoms with Crippen molar-refractivity contribution in [3.8, 4) is 11.8 Å². The van der Waals surface area contributed by atoms with Crippen LogP contribution in [0.2, 0.25) is 0 Å². The number of benzene rings is 1. The van der Waals surface area contributed by atoms with Crippen LogP contribution in [0.15, 0.2) is 30.5 Å². The van der Waals surface area contributed by atoms with Crippen LogP contribution in [0.1, 0.15) is 41.7 Å². The summed E-state index contributed by atoms with van der Waals surface area (Å²) in [6, 6.07) is 8.14. The zero-order valence-corrected chi connectivity index (χ0v) is 12.8. The van der Waals surface area contributed by atoms with Gasteiger partial charge in [0, 0.05) is 0 Å². The standard InChI is InChI=1S/C17H17FN4O/c1-12-15(16(23)21-17(11-19)8-2-3-9-17)10-20-22(12)14-6-4-13(18)5-7-14/h4-7,10H,2-3,8-9H2,1H3,(H,21,23). The van der Waals surface area contributed by atoms with Crippen molar-refractivity contribution < 1.29 is 9.18 Å². The van der Waals surface area contributed by atoms with E-state index in [0.717, 1.165) is 12.8 Å². The highest BCUT2D eigenvalue weighted by atomic mass is 19.1. The van der Waals surface area contributed by atoms with E-state index < -0.39 is 5.54 Å². The molecule has 0 aliphatic heterocycles. The molecule has 1 aliphatic carbocycles. The summed E-state index contributed by atoms with van der Waals surface area (Å²) in [6.45, 7) is 1.78. The lowest BCUT2D eigenvalue weighted by atomic mass is 9.99. The number of aromatic nitrogens is 2. The van der Waals surface area contributed by atoms with E-state index in [1.165, 1.54) is 18.3 Å². The molecule has 1 N–H and O–H groups in total. The van der Waals surface area contributed by atoms with Crippen LogP contribution in [0.25, 0.3) is 5.69 Å². The summed E-state index contributed by atoms with van der Waals surface area (Å²) in [5, 5.41) is 16.4. The van der Waals surface area contributed by atoms with Gasteiger partial charge < -0.3 is 5.32 Å². The second kappa shape index (κ2) is 5.84. The molecule has 23 heavy (non-hydrogen) atoms. The van der Waals surface area contributed by atoms with Gasteiger partial charge in [-0.1, -0.05) is 0 Å². The summed E-state index contributed by atoms with van der Waals surface area (Å²) in [7, 11) is 0. The lowest BCUT2D eigenvalue weighted by Crippen LogP contribution is -2.45. The Morgan fingerprint density at radius 1 is 1.35 bits per heavy atom. The predicted octanol–water partition coefficient (Wildman–Crippen LogP) is 2.89. The number of nitriles is 1. The van der Waals surface area contributed by atoms with Gasteiger partial charge in [0.1, 0.15) is 11.4 Å². The lowest BCUT2D eigenvalue weighted by Gasteiger charge is -2.21. The van der Waals surface area contributed by atoms with E-state index in [0.29, 0.717) is 29.8 Å². The maximum absolute atomic E-state index is 13.0. The highest BCUT2D eigenvalue weighted by Gasteiger charge is 2.36. The second-order valence-electron chi connectivity index (χ2n) is 5.89. The van der Waals surface area contributed by atoms with Gasteiger partial charge in [0.05, 0.1) is 29.2 Å². The summed E-state index contributed by atoms with van der Waals surface area (Å²) in [4.78, 5) is 12.5. The number of amides is 1. The molecule has 6 heteroatoms. The second-order valence-corrected chi connectivity index (χ2v) is 5.89. The SMILES string of the molecule is Cc1c(C(=O)NC2(C#N)CCCC2)cnn1-c1ccc(F)cc1. The smallest absolute Gasteiger partial charge is 0.256 e. The van der Waals surface area contributed by atoms with Crippen LogP contribution < -0.4 is 5.32 Å². The van der Waals surface area contributed by atoms with Crippen molar-refractivity contribution in [3.63, 3.8) is 0 Å². The Balaban J connectivity index is 1.85. The van der Waals surface area contributed by atoms with Gasteiger partial charge >= 0.3 is 0 Å². The maximum atomic E-state index is 13.0. The third kappa shape index (κ3) is 2.82. The molecule has 5 nitrogen and oxygen atoms in total. The predicted molar refractivity (Wildman–Crippen MR) is 82.5 cm³/mol. The Morgan fingerprint density at radius 3 is 2.61 bits per heavy atom. The molecule has 1 saturated carbocycles. The lowest BCUT2D eigenvalue weighted by molar-refractivity contribution is 0.0920. The fraction of sp³-hybridized carbons (Fsp3) is 0.353. The number of hydrogen-bond acceptors (Lipinski definition) is 3. The topological polar surface area (TPSA) is 70.7 Å². The van der Waals surface area contributed by atoms with Crippen LogP contribution >= 0.6 is 0 Å². The van der Waals surface area contributed by atoms with Gasteiger partial charge in [0.15, 0.2) is 0 Å². The molecule has 3 rings (SSSR count). The summed E-state index contributed by atoms with van der Waals surface area (Å²) >= 11 is 0. The van der Waals surface area contributed by atoms with Gasteiger partial charge in [-0.25, -0.2) is 9.07 Å². The first-order valence-electron chi connectivity index (χ1n) is 7.59. The average molecular weight is 312 g/mol. The minimum absolute atomic E-state index is 0.292. The minimum atomic E-state index is -0.762. The van der Waals surface area contributed by atoms with Crippen molar-refractivity contribution in [2.45, 2.75) is 38.1 Å². The number of carbonyl (C=O) groups excluding carboxylic acids is 1. The van der Waals surface area contributed by atoms with Crippen molar-refractivity contribution in [2.24, 2.45) is 0 Å². The molecule has 0 spiro atoms. The Bertz CT molecular complexity index is 767. The molecular formula is C17H17FN4O. The molecular weight excluding hydrogens is 295 g/mol. The number of carbonyl (C=O) groups is 1. The highest BCUT2D eigenvalue weighted by Crippen LogP contribution is 2.29. The number of halogens is 1. The van der Waals surface area contributed by atoms with Gasteiger partial charge in [0.2, 0.25) is 0 Å². The molecule has 0 saturated heterocycles. The van der Waals surface area contributed by atoms with Crippen LogP contribution in [0.5, 0.6) is 0 Å². The molecule has 0 radical (unpaired) electrons. The summed E-state index contributed by atoms with van der Waals surface area (Å²) in [5.41, 5.74) is 0.997. The normalized spacial score (nSPS) is 16.0. The average Bonchev–Trinajstić information content (AvgIpc) is 3.16. The third-order valence-corrected chi connectivity index (χ3v) is 4.35. The first-order valence-corrected chi connectivity index (χ1v) is 7.59. The monoisotopic (exact) mass is 312 g/mol. The summed E-state index contributed by atoms with van der Waals surface area (Å²) in [5.74, 6) is -0.618. The molecule has 1 aromatic heterocycles. The Hall–Kier alpha value is -2.68. The maximum Gasteiger partial charge on any atom is 0.256 e. The van der Waals surface area contributed by atoms with Crippen molar-refractivity contribution >= 4 is 5.91 Å². The summed E-state index contributed by atoms with van der Waals surface area (Å²) in [6.07, 6.45) is 4.73. The zero-order chi connectivity index (χ0) is 16.4. The Kier molecular flexibility index (Phi) is 3.87. The Labute approximate surface area is 133 Å². The van der Waals surface area contributed by atoms with E-state index in [-0.39, 0.29) is 11.7 Å². The minimum Gasteiger partial charge on any atom is -0.334 e. The van der Waals surface area contributed by atoms with Crippen molar-refractivity contribution in [3.05, 3.63) is 47.5 Å². The highest BCUT2D eigenvalue weighted by molar-refractivity contribution is 5.96. The molecule has 1 heterocycles. The molecule has 2 aromatic rings. The van der Waals surface area contributed by atoms with Crippen LogP contribution in [0, 0.1) is 24.1 Å². The number of hydrogen-bond donors (Lipinski definition) is 1. The molecule has 0 atom stereocenters. The fourth-order valence-corrected chi connectivity index (χ4v) is 3.00. The van der Waals surface area contributed by atoms with Crippen molar-refractivity contribution in [1.82, 2.24) is 15.1 Å². The van der Waals surface area contributed by atoms with Crippen LogP contribution in [-0.2, 0) is 0 Å². The third-order valence-electron chi connectivity index (χ3n) is 4.35. The Morgan fingerprint density at radius 2 is 2.00 bits per heavy atom.